The first-order chi connectivity index (χ1) is 14.5. The summed E-state index contributed by atoms with van der Waals surface area (Å²) in [6, 6.07) is 0. The van der Waals surface area contributed by atoms with Crippen molar-refractivity contribution in [1.29, 1.82) is 0 Å². The minimum atomic E-state index is -0.785. The highest BCUT2D eigenvalue weighted by atomic mass is 16.5. The molecule has 1 unspecified atom stereocenters. The summed E-state index contributed by atoms with van der Waals surface area (Å²) in [4.78, 5) is 23.4. The number of esters is 1. The van der Waals surface area contributed by atoms with Gasteiger partial charge in [-0.2, -0.15) is 0 Å². The summed E-state index contributed by atoms with van der Waals surface area (Å²) in [6.45, 7) is 13.8. The lowest BCUT2D eigenvalue weighted by molar-refractivity contribution is -0.145. The highest BCUT2D eigenvalue weighted by molar-refractivity contribution is 5.88. The number of ether oxygens (including phenoxy) is 1. The third-order valence-corrected chi connectivity index (χ3v) is 4.93. The van der Waals surface area contributed by atoms with Crippen LogP contribution in [0.2, 0.25) is 0 Å². The van der Waals surface area contributed by atoms with Crippen LogP contribution in [0.3, 0.4) is 0 Å². The Morgan fingerprint density at radius 2 is 1.73 bits per heavy atom. The minimum absolute atomic E-state index is 0.00394. The number of hydrogen-bond donors (Lipinski definition) is 1. The van der Waals surface area contributed by atoms with Gasteiger partial charge in [-0.3, -0.25) is 4.79 Å². The predicted octanol–water partition coefficient (Wildman–Crippen LogP) is 7.50. The van der Waals surface area contributed by atoms with Crippen LogP contribution in [-0.2, 0) is 14.3 Å². The highest BCUT2D eigenvalue weighted by Crippen LogP contribution is 2.38. The Labute approximate surface area is 185 Å². The van der Waals surface area contributed by atoms with Crippen LogP contribution in [0.15, 0.2) is 36.0 Å². The fraction of sp³-hybridized carbons (Fsp3) is 0.692. The summed E-state index contributed by atoms with van der Waals surface area (Å²) in [5.74, 6) is -1.06. The Bertz CT molecular complexity index is 531. The van der Waals surface area contributed by atoms with Crippen LogP contribution in [0.5, 0.6) is 0 Å². The first-order valence-corrected chi connectivity index (χ1v) is 11.9. The van der Waals surface area contributed by atoms with Crippen LogP contribution < -0.4 is 0 Å². The van der Waals surface area contributed by atoms with Crippen LogP contribution >= 0.6 is 0 Å². The van der Waals surface area contributed by atoms with Gasteiger partial charge in [-0.15, -0.1) is 0 Å². The van der Waals surface area contributed by atoms with Crippen molar-refractivity contribution in [3.8, 4) is 0 Å². The number of carbonyl (C=O) groups is 2. The molecule has 0 radical (unpaired) electrons. The maximum absolute atomic E-state index is 12.3. The second kappa shape index (κ2) is 20.4. The van der Waals surface area contributed by atoms with E-state index in [-0.39, 0.29) is 30.3 Å². The third kappa shape index (κ3) is 13.4. The standard InChI is InChI=1S/C22H34O4.2C2H6/c1-4-6-8-9-10-11-13-19-18(16-21(23)24)14-15-20(19)26-22(25)17(3)12-7-5-2;2*1-2/h5,7,11-13,18-20H,4,6,8-10,14-16H2,1-3H3,(H,23,24);2*1-2H3/b7-5-,13-11+,17-12+;;/t18-,19?,20-;;/m1../s1. The molecule has 0 spiro atoms. The van der Waals surface area contributed by atoms with Crippen LogP contribution in [0.1, 0.15) is 99.8 Å². The van der Waals surface area contributed by atoms with Crippen LogP contribution in [0.4, 0.5) is 0 Å². The molecule has 1 N–H and O–H groups in total. The molecule has 0 aliphatic heterocycles. The van der Waals surface area contributed by atoms with Crippen molar-refractivity contribution >= 4 is 11.9 Å². The van der Waals surface area contributed by atoms with Gasteiger partial charge in [0.25, 0.3) is 0 Å². The molecule has 0 aromatic rings. The van der Waals surface area contributed by atoms with E-state index >= 15 is 0 Å². The molecular formula is C26H46O4. The smallest absolute Gasteiger partial charge is 0.334 e. The van der Waals surface area contributed by atoms with E-state index in [9.17, 15) is 9.59 Å². The number of aliphatic carboxylic acids is 1. The van der Waals surface area contributed by atoms with Crippen LogP contribution in [0.25, 0.3) is 0 Å². The van der Waals surface area contributed by atoms with Crippen molar-refractivity contribution in [2.75, 3.05) is 0 Å². The third-order valence-electron chi connectivity index (χ3n) is 4.93. The zero-order valence-electron chi connectivity index (χ0n) is 20.4. The molecule has 0 amide bonds. The molecule has 4 nitrogen and oxygen atoms in total. The van der Waals surface area contributed by atoms with Gasteiger partial charge in [0.15, 0.2) is 0 Å². The van der Waals surface area contributed by atoms with Gasteiger partial charge in [0.05, 0.1) is 0 Å². The van der Waals surface area contributed by atoms with Gasteiger partial charge in [0, 0.05) is 17.9 Å². The molecule has 1 saturated carbocycles. The van der Waals surface area contributed by atoms with E-state index in [1.54, 1.807) is 13.0 Å². The summed E-state index contributed by atoms with van der Waals surface area (Å²) in [5.41, 5.74) is 0.562. The number of allylic oxidation sites excluding steroid dienone is 4. The lowest BCUT2D eigenvalue weighted by atomic mass is 9.91. The lowest BCUT2D eigenvalue weighted by Crippen LogP contribution is -2.25. The minimum Gasteiger partial charge on any atom is -0.481 e. The Balaban J connectivity index is 0. The summed E-state index contributed by atoms with van der Waals surface area (Å²) in [6.07, 6.45) is 16.9. The fourth-order valence-corrected chi connectivity index (χ4v) is 3.43. The molecule has 0 aromatic heterocycles. The number of carbonyl (C=O) groups excluding carboxylic acids is 1. The Kier molecular flexibility index (Phi) is 20.7. The average molecular weight is 423 g/mol. The van der Waals surface area contributed by atoms with Crippen molar-refractivity contribution in [2.24, 2.45) is 11.8 Å². The molecule has 3 atom stereocenters. The zero-order chi connectivity index (χ0) is 23.4. The average Bonchev–Trinajstić information content (AvgIpc) is 3.12. The summed E-state index contributed by atoms with van der Waals surface area (Å²) in [5, 5.41) is 9.17. The maximum atomic E-state index is 12.3. The van der Waals surface area contributed by atoms with Gasteiger partial charge in [-0.1, -0.05) is 84.3 Å². The summed E-state index contributed by atoms with van der Waals surface area (Å²) >= 11 is 0. The molecule has 1 fully saturated rings. The number of carboxylic acids is 1. The molecule has 0 bridgehead atoms. The topological polar surface area (TPSA) is 63.6 Å². The molecule has 30 heavy (non-hydrogen) atoms. The molecule has 4 heteroatoms. The van der Waals surface area contributed by atoms with E-state index in [2.05, 4.69) is 19.1 Å². The first-order valence-electron chi connectivity index (χ1n) is 11.9. The fourth-order valence-electron chi connectivity index (χ4n) is 3.43. The molecule has 1 aliphatic carbocycles. The van der Waals surface area contributed by atoms with E-state index in [1.807, 2.05) is 46.8 Å². The lowest BCUT2D eigenvalue weighted by Gasteiger charge is -2.21. The van der Waals surface area contributed by atoms with Gasteiger partial charge in [0.2, 0.25) is 0 Å². The van der Waals surface area contributed by atoms with Crippen molar-refractivity contribution in [2.45, 2.75) is 106 Å². The van der Waals surface area contributed by atoms with Gasteiger partial charge in [-0.25, -0.2) is 4.79 Å². The van der Waals surface area contributed by atoms with Crippen molar-refractivity contribution in [3.63, 3.8) is 0 Å². The van der Waals surface area contributed by atoms with Gasteiger partial charge < -0.3 is 9.84 Å². The molecular weight excluding hydrogens is 376 g/mol. The quantitative estimate of drug-likeness (QED) is 0.123. The SMILES string of the molecule is C/C=C\C=C(/C)C(=O)O[C@@H]1CC[C@H](CC(=O)O)C1/C=C/CCCCCC.CC.CC. The monoisotopic (exact) mass is 422 g/mol. The highest BCUT2D eigenvalue weighted by Gasteiger charge is 2.38. The van der Waals surface area contributed by atoms with Gasteiger partial charge >= 0.3 is 11.9 Å². The normalized spacial score (nSPS) is 21.0. The van der Waals surface area contributed by atoms with E-state index in [1.165, 1.54) is 19.3 Å². The number of carboxylic acid groups (broad SMARTS) is 1. The number of rotatable bonds is 11. The van der Waals surface area contributed by atoms with Gasteiger partial charge in [-0.05, 0) is 45.4 Å². The van der Waals surface area contributed by atoms with E-state index in [0.29, 0.717) is 5.57 Å². The molecule has 0 heterocycles. The van der Waals surface area contributed by atoms with Crippen molar-refractivity contribution < 1.29 is 19.4 Å². The molecule has 1 rings (SSSR count). The van der Waals surface area contributed by atoms with Crippen LogP contribution in [-0.4, -0.2) is 23.1 Å². The van der Waals surface area contributed by atoms with Crippen LogP contribution in [0, 0.1) is 11.8 Å². The van der Waals surface area contributed by atoms with Gasteiger partial charge in [0.1, 0.15) is 6.10 Å². The molecule has 1 aliphatic rings. The number of unbranched alkanes of at least 4 members (excludes halogenated alkanes) is 4. The molecule has 0 saturated heterocycles. The van der Waals surface area contributed by atoms with Crippen molar-refractivity contribution in [3.05, 3.63) is 36.0 Å². The number of hydrogen-bond acceptors (Lipinski definition) is 3. The first kappa shape index (κ1) is 30.4. The Morgan fingerprint density at radius 1 is 1.07 bits per heavy atom. The van der Waals surface area contributed by atoms with Crippen molar-refractivity contribution in [1.82, 2.24) is 0 Å². The summed E-state index contributed by atoms with van der Waals surface area (Å²) in [7, 11) is 0. The maximum Gasteiger partial charge on any atom is 0.334 e. The second-order valence-corrected chi connectivity index (χ2v) is 7.11. The Morgan fingerprint density at radius 3 is 2.30 bits per heavy atom. The van der Waals surface area contributed by atoms with E-state index in [4.69, 9.17) is 9.84 Å². The second-order valence-electron chi connectivity index (χ2n) is 7.11. The largest absolute Gasteiger partial charge is 0.481 e. The predicted molar refractivity (Wildman–Crippen MR) is 128 cm³/mol. The molecule has 174 valence electrons. The zero-order valence-corrected chi connectivity index (χ0v) is 20.4. The Hall–Kier alpha value is -1.84. The van der Waals surface area contributed by atoms with E-state index in [0.717, 1.165) is 25.7 Å². The van der Waals surface area contributed by atoms with E-state index < -0.39 is 5.97 Å². The molecule has 0 aromatic carbocycles. The summed E-state index contributed by atoms with van der Waals surface area (Å²) < 4.78 is 5.70.